The van der Waals surface area contributed by atoms with Crippen molar-refractivity contribution in [3.8, 4) is 6.07 Å². The minimum absolute atomic E-state index is 0.0144. The van der Waals surface area contributed by atoms with Gasteiger partial charge in [-0.15, -0.1) is 0 Å². The molecule has 30 heavy (non-hydrogen) atoms. The fourth-order valence-corrected chi connectivity index (χ4v) is 4.03. The van der Waals surface area contributed by atoms with E-state index in [1.165, 1.54) is 24.3 Å². The maximum Gasteiger partial charge on any atom is 0.205 e. The number of nitrogens with two attached hydrogens (primary N) is 1. The van der Waals surface area contributed by atoms with Crippen LogP contribution in [0.15, 0.2) is 76.9 Å². The van der Waals surface area contributed by atoms with E-state index in [1.807, 2.05) is 19.1 Å². The fraction of sp³-hybridized carbons (Fsp3) is 0.208. The number of rotatable bonds is 3. The lowest BCUT2D eigenvalue weighted by Gasteiger charge is -2.38. The van der Waals surface area contributed by atoms with Gasteiger partial charge in [0.25, 0.3) is 0 Å². The third-order valence-corrected chi connectivity index (χ3v) is 5.43. The van der Waals surface area contributed by atoms with Gasteiger partial charge in [-0.05, 0) is 53.6 Å². The summed E-state index contributed by atoms with van der Waals surface area (Å²) < 4.78 is 33.6. The van der Waals surface area contributed by atoms with Crippen molar-refractivity contribution in [2.24, 2.45) is 5.73 Å². The molecular weight excluding hydrogens is 384 g/mol. The van der Waals surface area contributed by atoms with Gasteiger partial charge in [-0.25, -0.2) is 8.78 Å². The standard InChI is InChI=1S/C24H21F2N3O/c1-2-29-13-17(9-15-5-3-7-18(25)10-15)23-21(14-29)22(20(12-27)24(28)30-23)16-6-4-8-19(26)11-16/h3-11,22H,2,13-14,28H2,1H3/b17-9+/t22-/m1/s1. The summed E-state index contributed by atoms with van der Waals surface area (Å²) in [5.41, 5.74) is 9.42. The van der Waals surface area contributed by atoms with Crippen molar-refractivity contribution in [3.05, 3.63) is 99.7 Å². The van der Waals surface area contributed by atoms with Gasteiger partial charge >= 0.3 is 0 Å². The summed E-state index contributed by atoms with van der Waals surface area (Å²) in [5, 5.41) is 9.75. The van der Waals surface area contributed by atoms with Crippen molar-refractivity contribution in [2.45, 2.75) is 12.8 Å². The lowest BCUT2D eigenvalue weighted by molar-refractivity contribution is 0.239. The molecule has 2 aromatic rings. The van der Waals surface area contributed by atoms with Crippen molar-refractivity contribution in [1.82, 2.24) is 4.90 Å². The minimum Gasteiger partial charge on any atom is -0.440 e. The molecule has 2 aliphatic rings. The fourth-order valence-electron chi connectivity index (χ4n) is 4.03. The van der Waals surface area contributed by atoms with Gasteiger partial charge in [0.1, 0.15) is 29.0 Å². The molecule has 2 N–H and O–H groups in total. The van der Waals surface area contributed by atoms with Crippen LogP contribution in [0.3, 0.4) is 0 Å². The first-order valence-corrected chi connectivity index (χ1v) is 9.75. The first-order valence-electron chi connectivity index (χ1n) is 9.75. The summed E-state index contributed by atoms with van der Waals surface area (Å²) >= 11 is 0. The van der Waals surface area contributed by atoms with Gasteiger partial charge in [-0.3, -0.25) is 4.90 Å². The predicted molar refractivity (Wildman–Crippen MR) is 111 cm³/mol. The van der Waals surface area contributed by atoms with E-state index in [1.54, 1.807) is 18.2 Å². The van der Waals surface area contributed by atoms with E-state index in [4.69, 9.17) is 10.5 Å². The monoisotopic (exact) mass is 405 g/mol. The molecule has 1 atom stereocenters. The van der Waals surface area contributed by atoms with Crippen LogP contribution in [0.25, 0.3) is 6.08 Å². The molecule has 0 aliphatic carbocycles. The van der Waals surface area contributed by atoms with Crippen molar-refractivity contribution < 1.29 is 13.5 Å². The smallest absolute Gasteiger partial charge is 0.205 e. The number of nitriles is 1. The number of hydrogen-bond donors (Lipinski definition) is 1. The second-order valence-corrected chi connectivity index (χ2v) is 7.36. The van der Waals surface area contributed by atoms with Gasteiger partial charge in [0.15, 0.2) is 0 Å². The number of hydrogen-bond acceptors (Lipinski definition) is 4. The molecule has 0 bridgehead atoms. The van der Waals surface area contributed by atoms with E-state index in [0.29, 0.717) is 30.0 Å². The third kappa shape index (κ3) is 3.72. The van der Waals surface area contributed by atoms with E-state index >= 15 is 0 Å². The Balaban J connectivity index is 1.89. The highest BCUT2D eigenvalue weighted by Crippen LogP contribution is 2.43. The molecule has 0 saturated carbocycles. The third-order valence-electron chi connectivity index (χ3n) is 5.43. The number of benzene rings is 2. The topological polar surface area (TPSA) is 62.3 Å². The second-order valence-electron chi connectivity index (χ2n) is 7.36. The molecule has 4 rings (SSSR count). The molecule has 2 heterocycles. The minimum atomic E-state index is -0.500. The molecule has 2 aromatic carbocycles. The largest absolute Gasteiger partial charge is 0.440 e. The van der Waals surface area contributed by atoms with Crippen LogP contribution in [-0.4, -0.2) is 24.5 Å². The molecule has 0 spiro atoms. The molecule has 152 valence electrons. The number of halogens is 2. The molecule has 0 fully saturated rings. The maximum atomic E-state index is 14.0. The molecule has 4 nitrogen and oxygen atoms in total. The van der Waals surface area contributed by atoms with Crippen molar-refractivity contribution >= 4 is 6.08 Å². The van der Waals surface area contributed by atoms with Gasteiger partial charge in [-0.2, -0.15) is 5.26 Å². The molecule has 0 radical (unpaired) electrons. The van der Waals surface area contributed by atoms with E-state index < -0.39 is 5.92 Å². The van der Waals surface area contributed by atoms with E-state index in [-0.39, 0.29) is 23.1 Å². The molecule has 0 unspecified atom stereocenters. The predicted octanol–water partition coefficient (Wildman–Crippen LogP) is 4.45. The SMILES string of the molecule is CCN1CC2=C(OC(N)=C(C#N)[C@H]2c2cccc(F)c2)/C(=C/c2cccc(F)c2)C1. The Morgan fingerprint density at radius 3 is 2.57 bits per heavy atom. The number of allylic oxidation sites excluding steroid dienone is 1. The van der Waals surface area contributed by atoms with E-state index in [0.717, 1.165) is 17.7 Å². The molecule has 6 heteroatoms. The van der Waals surface area contributed by atoms with Gasteiger partial charge in [0.2, 0.25) is 5.88 Å². The molecule has 2 aliphatic heterocycles. The Labute approximate surface area is 174 Å². The normalized spacial score (nSPS) is 20.7. The average Bonchev–Trinajstić information content (AvgIpc) is 2.73. The Kier molecular flexibility index (Phi) is 5.39. The van der Waals surface area contributed by atoms with Crippen LogP contribution in [0.5, 0.6) is 0 Å². The van der Waals surface area contributed by atoms with Crippen molar-refractivity contribution in [2.75, 3.05) is 19.6 Å². The number of nitrogens with zero attached hydrogens (tertiary/aromatic N) is 2. The Hall–Kier alpha value is -3.43. The Bertz CT molecular complexity index is 1130. The Morgan fingerprint density at radius 1 is 1.17 bits per heavy atom. The maximum absolute atomic E-state index is 14.0. The van der Waals surface area contributed by atoms with Gasteiger partial charge < -0.3 is 10.5 Å². The zero-order valence-corrected chi connectivity index (χ0v) is 16.5. The lowest BCUT2D eigenvalue weighted by atomic mass is 9.80. The Morgan fingerprint density at radius 2 is 1.90 bits per heavy atom. The van der Waals surface area contributed by atoms with Crippen LogP contribution < -0.4 is 5.73 Å². The molecule has 0 aromatic heterocycles. The summed E-state index contributed by atoms with van der Waals surface area (Å²) in [4.78, 5) is 2.19. The van der Waals surface area contributed by atoms with Crippen molar-refractivity contribution in [1.29, 1.82) is 5.26 Å². The highest BCUT2D eigenvalue weighted by molar-refractivity contribution is 5.63. The zero-order valence-electron chi connectivity index (χ0n) is 16.5. The van der Waals surface area contributed by atoms with Gasteiger partial charge in [0, 0.05) is 18.7 Å². The van der Waals surface area contributed by atoms with Crippen molar-refractivity contribution in [3.63, 3.8) is 0 Å². The summed E-state index contributed by atoms with van der Waals surface area (Å²) in [7, 11) is 0. The summed E-state index contributed by atoms with van der Waals surface area (Å²) in [6.07, 6.45) is 1.87. The van der Waals surface area contributed by atoms with E-state index in [9.17, 15) is 14.0 Å². The first kappa shape index (κ1) is 19.9. The molecule has 0 saturated heterocycles. The molecule has 0 amide bonds. The summed E-state index contributed by atoms with van der Waals surface area (Å²) in [5.74, 6) is -0.610. The van der Waals surface area contributed by atoms with Crippen LogP contribution in [-0.2, 0) is 4.74 Å². The average molecular weight is 405 g/mol. The van der Waals surface area contributed by atoms with Crippen LogP contribution in [0.4, 0.5) is 8.78 Å². The van der Waals surface area contributed by atoms with E-state index in [2.05, 4.69) is 11.0 Å². The van der Waals surface area contributed by atoms with Crippen LogP contribution in [0.2, 0.25) is 0 Å². The summed E-state index contributed by atoms with van der Waals surface area (Å²) in [6, 6.07) is 14.6. The molecular formula is C24H21F2N3O. The van der Waals surface area contributed by atoms with Crippen LogP contribution in [0, 0.1) is 23.0 Å². The quantitative estimate of drug-likeness (QED) is 0.820. The van der Waals surface area contributed by atoms with Crippen LogP contribution >= 0.6 is 0 Å². The first-order chi connectivity index (χ1) is 14.5. The zero-order chi connectivity index (χ0) is 21.3. The highest BCUT2D eigenvalue weighted by atomic mass is 19.1. The summed E-state index contributed by atoms with van der Waals surface area (Å²) in [6.45, 7) is 3.97. The lowest BCUT2D eigenvalue weighted by Crippen LogP contribution is -2.38. The van der Waals surface area contributed by atoms with Crippen LogP contribution in [0.1, 0.15) is 24.0 Å². The highest BCUT2D eigenvalue weighted by Gasteiger charge is 2.37. The van der Waals surface area contributed by atoms with Gasteiger partial charge in [0.05, 0.1) is 5.92 Å². The number of likely N-dealkylation sites (N-methyl/N-ethyl adjacent to an activating group) is 1. The second kappa shape index (κ2) is 8.13. The number of ether oxygens (including phenoxy) is 1. The van der Waals surface area contributed by atoms with Gasteiger partial charge in [-0.1, -0.05) is 31.2 Å².